The number of methoxy groups -OCH3 is 2. The molecule has 1 aromatic rings. The van der Waals surface area contributed by atoms with E-state index in [1.54, 1.807) is 19.9 Å². The first-order valence-electron chi connectivity index (χ1n) is 4.72. The minimum absolute atomic E-state index is 0.225. The number of nitrogens with two attached hydrogens (primary N) is 1. The minimum atomic E-state index is -0.786. The van der Waals surface area contributed by atoms with Gasteiger partial charge in [-0.2, -0.15) is 0 Å². The highest BCUT2D eigenvalue weighted by molar-refractivity contribution is 9.10. The van der Waals surface area contributed by atoms with Crippen LogP contribution >= 0.6 is 15.9 Å². The average Bonchev–Trinajstić information content (AvgIpc) is 2.19. The average molecular weight is 292 g/mol. The first-order chi connectivity index (χ1) is 7.32. The highest BCUT2D eigenvalue weighted by Gasteiger charge is 2.25. The lowest BCUT2D eigenvalue weighted by atomic mass is 9.94. The van der Waals surface area contributed by atoms with E-state index >= 15 is 0 Å². The maximum Gasteiger partial charge on any atom is 0.177 e. The van der Waals surface area contributed by atoms with E-state index in [1.807, 2.05) is 0 Å². The molecule has 0 heterocycles. The second-order valence-corrected chi connectivity index (χ2v) is 4.80. The van der Waals surface area contributed by atoms with Crippen LogP contribution in [0.25, 0.3) is 0 Å². The summed E-state index contributed by atoms with van der Waals surface area (Å²) in [5.41, 5.74) is 5.47. The standard InChI is InChI=1S/C11H15BrFNO2/c1-11(2,14)6-5-7(15-3)10(16-4)8(12)9(6)13/h5H,14H2,1-4H3. The van der Waals surface area contributed by atoms with E-state index in [2.05, 4.69) is 15.9 Å². The molecule has 90 valence electrons. The van der Waals surface area contributed by atoms with Gasteiger partial charge in [0.05, 0.1) is 18.7 Å². The van der Waals surface area contributed by atoms with Crippen molar-refractivity contribution < 1.29 is 13.9 Å². The van der Waals surface area contributed by atoms with Crippen molar-refractivity contribution in [2.75, 3.05) is 14.2 Å². The van der Waals surface area contributed by atoms with Crippen molar-refractivity contribution in [3.05, 3.63) is 21.9 Å². The Kier molecular flexibility index (Phi) is 3.80. The molecule has 0 unspecified atom stereocenters. The van der Waals surface area contributed by atoms with E-state index in [0.29, 0.717) is 17.1 Å². The lowest BCUT2D eigenvalue weighted by Gasteiger charge is -2.22. The Bertz CT molecular complexity index is 402. The Balaban J connectivity index is 3.51. The topological polar surface area (TPSA) is 44.5 Å². The lowest BCUT2D eigenvalue weighted by molar-refractivity contribution is 0.346. The van der Waals surface area contributed by atoms with Crippen LogP contribution in [-0.2, 0) is 5.54 Å². The van der Waals surface area contributed by atoms with Crippen molar-refractivity contribution in [1.82, 2.24) is 0 Å². The molecule has 1 rings (SSSR count). The molecule has 0 bridgehead atoms. The molecule has 16 heavy (non-hydrogen) atoms. The van der Waals surface area contributed by atoms with Gasteiger partial charge < -0.3 is 15.2 Å². The van der Waals surface area contributed by atoms with Crippen LogP contribution < -0.4 is 15.2 Å². The molecule has 0 aliphatic heterocycles. The summed E-state index contributed by atoms with van der Waals surface area (Å²) in [6.07, 6.45) is 0. The summed E-state index contributed by atoms with van der Waals surface area (Å²) < 4.78 is 24.4. The van der Waals surface area contributed by atoms with Crippen molar-refractivity contribution >= 4 is 15.9 Å². The van der Waals surface area contributed by atoms with Gasteiger partial charge in [-0.1, -0.05) is 0 Å². The van der Waals surface area contributed by atoms with Crippen LogP contribution in [-0.4, -0.2) is 14.2 Å². The van der Waals surface area contributed by atoms with Crippen molar-refractivity contribution in [1.29, 1.82) is 0 Å². The predicted octanol–water partition coefficient (Wildman–Crippen LogP) is 2.80. The van der Waals surface area contributed by atoms with Crippen molar-refractivity contribution in [2.24, 2.45) is 5.73 Å². The molecule has 0 aromatic heterocycles. The van der Waals surface area contributed by atoms with E-state index in [-0.39, 0.29) is 4.47 Å². The highest BCUT2D eigenvalue weighted by atomic mass is 79.9. The van der Waals surface area contributed by atoms with Gasteiger partial charge in [-0.15, -0.1) is 0 Å². The van der Waals surface area contributed by atoms with Crippen LogP contribution in [0.2, 0.25) is 0 Å². The molecular weight excluding hydrogens is 277 g/mol. The maximum absolute atomic E-state index is 14.0. The van der Waals surface area contributed by atoms with E-state index in [4.69, 9.17) is 15.2 Å². The molecule has 0 fully saturated rings. The summed E-state index contributed by atoms with van der Waals surface area (Å²) in [5.74, 6) is 0.349. The SMILES string of the molecule is COc1cc(C(C)(C)N)c(F)c(Br)c1OC. The number of hydrogen-bond acceptors (Lipinski definition) is 3. The fraction of sp³-hybridized carbons (Fsp3) is 0.455. The number of halogens is 2. The molecule has 0 radical (unpaired) electrons. The summed E-state index contributed by atoms with van der Waals surface area (Å²) in [7, 11) is 2.95. The van der Waals surface area contributed by atoms with Gasteiger partial charge in [-0.3, -0.25) is 0 Å². The smallest absolute Gasteiger partial charge is 0.177 e. The van der Waals surface area contributed by atoms with Gasteiger partial charge in [0.25, 0.3) is 0 Å². The van der Waals surface area contributed by atoms with Crippen molar-refractivity contribution in [2.45, 2.75) is 19.4 Å². The van der Waals surface area contributed by atoms with Gasteiger partial charge in [0.1, 0.15) is 5.82 Å². The molecule has 0 saturated carbocycles. The number of hydrogen-bond donors (Lipinski definition) is 1. The van der Waals surface area contributed by atoms with Crippen molar-refractivity contribution in [3.8, 4) is 11.5 Å². The molecule has 1 aromatic carbocycles. The Morgan fingerprint density at radius 2 is 1.88 bits per heavy atom. The van der Waals surface area contributed by atoms with Crippen LogP contribution in [0, 0.1) is 5.82 Å². The Hall–Kier alpha value is -0.810. The van der Waals surface area contributed by atoms with Gasteiger partial charge in [0, 0.05) is 11.1 Å². The number of rotatable bonds is 3. The third-order valence-corrected chi connectivity index (χ3v) is 2.95. The summed E-state index contributed by atoms with van der Waals surface area (Å²) >= 11 is 3.14. The van der Waals surface area contributed by atoms with Gasteiger partial charge in [0.15, 0.2) is 11.5 Å². The molecule has 3 nitrogen and oxygen atoms in total. The Morgan fingerprint density at radius 1 is 1.31 bits per heavy atom. The van der Waals surface area contributed by atoms with Gasteiger partial charge in [-0.25, -0.2) is 4.39 Å². The van der Waals surface area contributed by atoms with E-state index in [1.165, 1.54) is 14.2 Å². The summed E-state index contributed by atoms with van der Waals surface area (Å²) in [4.78, 5) is 0. The normalized spacial score (nSPS) is 11.4. The monoisotopic (exact) mass is 291 g/mol. The first-order valence-corrected chi connectivity index (χ1v) is 5.51. The Labute approximate surface area is 103 Å². The molecule has 0 atom stereocenters. The second-order valence-electron chi connectivity index (χ2n) is 4.01. The van der Waals surface area contributed by atoms with Gasteiger partial charge >= 0.3 is 0 Å². The van der Waals surface area contributed by atoms with Crippen LogP contribution in [0.15, 0.2) is 10.5 Å². The van der Waals surface area contributed by atoms with Gasteiger partial charge in [-0.05, 0) is 35.8 Å². The van der Waals surface area contributed by atoms with E-state index in [9.17, 15) is 4.39 Å². The number of ether oxygens (including phenoxy) is 2. The summed E-state index contributed by atoms with van der Waals surface area (Å²) in [6, 6.07) is 1.55. The molecule has 0 amide bonds. The third-order valence-electron chi connectivity index (χ3n) is 2.25. The third kappa shape index (κ3) is 2.30. The zero-order chi connectivity index (χ0) is 12.5. The van der Waals surface area contributed by atoms with E-state index < -0.39 is 11.4 Å². The van der Waals surface area contributed by atoms with Crippen LogP contribution in [0.5, 0.6) is 11.5 Å². The van der Waals surface area contributed by atoms with Crippen LogP contribution in [0.3, 0.4) is 0 Å². The van der Waals surface area contributed by atoms with Crippen molar-refractivity contribution in [3.63, 3.8) is 0 Å². The first kappa shape index (κ1) is 13.3. The number of benzene rings is 1. The Morgan fingerprint density at radius 3 is 2.25 bits per heavy atom. The quantitative estimate of drug-likeness (QED) is 0.931. The zero-order valence-corrected chi connectivity index (χ0v) is 11.3. The zero-order valence-electron chi connectivity index (χ0n) is 9.73. The largest absolute Gasteiger partial charge is 0.493 e. The fourth-order valence-corrected chi connectivity index (χ4v) is 1.97. The summed E-state index contributed by atoms with van der Waals surface area (Å²) in [6.45, 7) is 3.45. The van der Waals surface area contributed by atoms with Crippen LogP contribution in [0.1, 0.15) is 19.4 Å². The van der Waals surface area contributed by atoms with E-state index in [0.717, 1.165) is 0 Å². The second kappa shape index (κ2) is 4.59. The molecule has 0 aliphatic rings. The molecule has 0 saturated heterocycles. The minimum Gasteiger partial charge on any atom is -0.493 e. The van der Waals surface area contributed by atoms with Crippen LogP contribution in [0.4, 0.5) is 4.39 Å². The molecule has 5 heteroatoms. The molecule has 2 N–H and O–H groups in total. The highest BCUT2D eigenvalue weighted by Crippen LogP contribution is 2.41. The lowest BCUT2D eigenvalue weighted by Crippen LogP contribution is -2.30. The van der Waals surface area contributed by atoms with Gasteiger partial charge in [0.2, 0.25) is 0 Å². The molecular formula is C11H15BrFNO2. The predicted molar refractivity (Wildman–Crippen MR) is 64.4 cm³/mol. The maximum atomic E-state index is 14.0. The molecule has 0 spiro atoms. The summed E-state index contributed by atoms with van der Waals surface area (Å²) in [5, 5.41) is 0. The fourth-order valence-electron chi connectivity index (χ4n) is 1.40. The molecule has 0 aliphatic carbocycles.